The Bertz CT molecular complexity index is 659. The van der Waals surface area contributed by atoms with E-state index in [1.165, 1.54) is 4.68 Å². The van der Waals surface area contributed by atoms with Crippen LogP contribution in [0.15, 0.2) is 15.4 Å². The lowest BCUT2D eigenvalue weighted by Crippen LogP contribution is -2.26. The minimum atomic E-state index is -0.0964. The van der Waals surface area contributed by atoms with E-state index < -0.39 is 0 Å². The summed E-state index contributed by atoms with van der Waals surface area (Å²) in [6, 6.07) is 1.70. The fraction of sp³-hybridized carbons (Fsp3) is 0.571. The summed E-state index contributed by atoms with van der Waals surface area (Å²) >= 11 is 0. The number of fused-ring (bicyclic) bond motifs is 1. The van der Waals surface area contributed by atoms with Crippen molar-refractivity contribution < 1.29 is 4.52 Å². The van der Waals surface area contributed by atoms with Gasteiger partial charge in [-0.3, -0.25) is 4.79 Å². The predicted molar refractivity (Wildman–Crippen MR) is 72.5 cm³/mol. The summed E-state index contributed by atoms with van der Waals surface area (Å²) in [4.78, 5) is 16.3. The van der Waals surface area contributed by atoms with Crippen LogP contribution in [0.3, 0.4) is 0 Å². The van der Waals surface area contributed by atoms with Gasteiger partial charge in [-0.25, -0.2) is 4.68 Å². The predicted octanol–water partition coefficient (Wildman–Crippen LogP) is 1.51. The molecule has 0 fully saturated rings. The summed E-state index contributed by atoms with van der Waals surface area (Å²) in [6.45, 7) is 2.31. The highest BCUT2D eigenvalue weighted by Crippen LogP contribution is 2.17. The average Bonchev–Trinajstić information content (AvgIpc) is 2.87. The Kier molecular flexibility index (Phi) is 3.62. The van der Waals surface area contributed by atoms with Gasteiger partial charge in [0.25, 0.3) is 5.56 Å². The number of nitrogens with zero attached hydrogens (tertiary/aromatic N) is 4. The van der Waals surface area contributed by atoms with Crippen LogP contribution in [0.5, 0.6) is 0 Å². The van der Waals surface area contributed by atoms with Crippen molar-refractivity contribution in [3.8, 4) is 0 Å². The maximum atomic E-state index is 12.0. The molecule has 0 saturated heterocycles. The second-order valence-corrected chi connectivity index (χ2v) is 5.17. The maximum Gasteiger partial charge on any atom is 0.267 e. The van der Waals surface area contributed by atoms with E-state index in [2.05, 4.69) is 22.2 Å². The lowest BCUT2D eigenvalue weighted by Gasteiger charge is -2.15. The molecular formula is C14H18N4O2. The third-order valence-corrected chi connectivity index (χ3v) is 3.54. The lowest BCUT2D eigenvalue weighted by atomic mass is 9.97. The fourth-order valence-corrected chi connectivity index (χ4v) is 2.52. The Morgan fingerprint density at radius 2 is 2.20 bits per heavy atom. The van der Waals surface area contributed by atoms with Crippen molar-refractivity contribution in [1.82, 2.24) is 19.9 Å². The number of rotatable bonds is 4. The van der Waals surface area contributed by atoms with Crippen LogP contribution < -0.4 is 5.56 Å². The van der Waals surface area contributed by atoms with E-state index in [1.807, 2.05) is 0 Å². The average molecular weight is 274 g/mol. The molecule has 0 radical (unpaired) electrons. The van der Waals surface area contributed by atoms with Gasteiger partial charge in [0, 0.05) is 12.5 Å². The maximum absolute atomic E-state index is 12.0. The van der Waals surface area contributed by atoms with Crippen LogP contribution >= 0.6 is 0 Å². The zero-order valence-corrected chi connectivity index (χ0v) is 11.6. The fourth-order valence-electron chi connectivity index (χ4n) is 2.52. The molecule has 2 aromatic heterocycles. The first-order valence-corrected chi connectivity index (χ1v) is 7.17. The molecule has 0 aliphatic heterocycles. The van der Waals surface area contributed by atoms with Gasteiger partial charge in [-0.2, -0.15) is 10.1 Å². The largest absolute Gasteiger partial charge is 0.337 e. The second-order valence-electron chi connectivity index (χ2n) is 5.17. The second kappa shape index (κ2) is 5.56. The van der Waals surface area contributed by atoms with Crippen molar-refractivity contribution in [2.45, 2.75) is 52.0 Å². The number of aromatic nitrogens is 4. The molecule has 1 aliphatic rings. The molecule has 2 aromatic rings. The SMILES string of the molecule is CCCc1noc(Cn2nc3c(cc2=O)CCCC3)n1. The highest BCUT2D eigenvalue weighted by atomic mass is 16.5. The standard InChI is InChI=1S/C14H18N4O2/c1-2-5-12-15-13(20-17-12)9-18-14(19)8-10-6-3-4-7-11(10)16-18/h8H,2-7,9H2,1H3. The summed E-state index contributed by atoms with van der Waals surface area (Å²) in [5, 5.41) is 8.33. The molecule has 106 valence electrons. The van der Waals surface area contributed by atoms with E-state index >= 15 is 0 Å². The van der Waals surface area contributed by atoms with E-state index in [4.69, 9.17) is 4.52 Å². The van der Waals surface area contributed by atoms with Crippen LogP contribution in [0.1, 0.15) is 49.2 Å². The molecule has 0 atom stereocenters. The summed E-state index contributed by atoms with van der Waals surface area (Å²) in [6.07, 6.45) is 5.94. The van der Waals surface area contributed by atoms with E-state index in [0.717, 1.165) is 49.8 Å². The van der Waals surface area contributed by atoms with E-state index in [9.17, 15) is 4.79 Å². The van der Waals surface area contributed by atoms with Gasteiger partial charge >= 0.3 is 0 Å². The van der Waals surface area contributed by atoms with Crippen molar-refractivity contribution in [1.29, 1.82) is 0 Å². The monoisotopic (exact) mass is 274 g/mol. The Balaban J connectivity index is 1.84. The quantitative estimate of drug-likeness (QED) is 0.844. The Labute approximate surface area is 116 Å². The van der Waals surface area contributed by atoms with Crippen molar-refractivity contribution in [2.75, 3.05) is 0 Å². The molecule has 6 nitrogen and oxygen atoms in total. The third-order valence-electron chi connectivity index (χ3n) is 3.54. The molecular weight excluding hydrogens is 256 g/mol. The van der Waals surface area contributed by atoms with Gasteiger partial charge in [-0.1, -0.05) is 12.1 Å². The molecule has 0 spiro atoms. The molecule has 0 saturated carbocycles. The van der Waals surface area contributed by atoms with Gasteiger partial charge in [0.05, 0.1) is 5.69 Å². The van der Waals surface area contributed by atoms with Gasteiger partial charge in [0.1, 0.15) is 6.54 Å². The summed E-state index contributed by atoms with van der Waals surface area (Å²) in [5.74, 6) is 1.13. The molecule has 6 heteroatoms. The lowest BCUT2D eigenvalue weighted by molar-refractivity contribution is 0.357. The third kappa shape index (κ3) is 2.64. The molecule has 0 bridgehead atoms. The molecule has 3 rings (SSSR count). The molecule has 0 N–H and O–H groups in total. The van der Waals surface area contributed by atoms with Crippen molar-refractivity contribution in [2.24, 2.45) is 0 Å². The van der Waals surface area contributed by atoms with Crippen LogP contribution in [-0.4, -0.2) is 19.9 Å². The van der Waals surface area contributed by atoms with Gasteiger partial charge < -0.3 is 4.52 Å². The minimum Gasteiger partial charge on any atom is -0.337 e. The number of hydrogen-bond donors (Lipinski definition) is 0. The van der Waals surface area contributed by atoms with Crippen LogP contribution in [0.25, 0.3) is 0 Å². The number of hydrogen-bond acceptors (Lipinski definition) is 5. The Morgan fingerprint density at radius 1 is 1.35 bits per heavy atom. The van der Waals surface area contributed by atoms with Gasteiger partial charge in [0.15, 0.2) is 5.82 Å². The summed E-state index contributed by atoms with van der Waals surface area (Å²) in [7, 11) is 0. The van der Waals surface area contributed by atoms with Crippen molar-refractivity contribution >= 4 is 0 Å². The van der Waals surface area contributed by atoms with Gasteiger partial charge in [-0.15, -0.1) is 0 Å². The molecule has 0 aromatic carbocycles. The highest BCUT2D eigenvalue weighted by Gasteiger charge is 2.15. The molecule has 2 heterocycles. The normalized spacial score (nSPS) is 14.2. The van der Waals surface area contributed by atoms with Crippen molar-refractivity contribution in [3.63, 3.8) is 0 Å². The molecule has 1 aliphatic carbocycles. The Morgan fingerprint density at radius 3 is 3.05 bits per heavy atom. The molecule has 20 heavy (non-hydrogen) atoms. The first kappa shape index (κ1) is 13.0. The van der Waals surface area contributed by atoms with Gasteiger partial charge in [-0.05, 0) is 37.7 Å². The molecule has 0 amide bonds. The van der Waals surface area contributed by atoms with Gasteiger partial charge in [0.2, 0.25) is 5.89 Å². The zero-order valence-electron chi connectivity index (χ0n) is 11.6. The van der Waals surface area contributed by atoms with E-state index in [1.54, 1.807) is 6.07 Å². The van der Waals surface area contributed by atoms with E-state index in [0.29, 0.717) is 11.7 Å². The summed E-state index contributed by atoms with van der Waals surface area (Å²) < 4.78 is 6.58. The minimum absolute atomic E-state index is 0.0964. The first-order valence-electron chi connectivity index (χ1n) is 7.17. The van der Waals surface area contributed by atoms with Crippen LogP contribution in [0, 0.1) is 0 Å². The van der Waals surface area contributed by atoms with Crippen LogP contribution in [-0.2, 0) is 25.8 Å². The van der Waals surface area contributed by atoms with Crippen molar-refractivity contribution in [3.05, 3.63) is 39.4 Å². The highest BCUT2D eigenvalue weighted by molar-refractivity contribution is 5.20. The van der Waals surface area contributed by atoms with E-state index in [-0.39, 0.29) is 12.1 Å². The number of aryl methyl sites for hydroxylation is 3. The zero-order chi connectivity index (χ0) is 13.9. The Hall–Kier alpha value is -1.98. The molecule has 0 unspecified atom stereocenters. The summed E-state index contributed by atoms with van der Waals surface area (Å²) in [5.41, 5.74) is 2.03. The smallest absolute Gasteiger partial charge is 0.267 e. The van der Waals surface area contributed by atoms with Crippen LogP contribution in [0.4, 0.5) is 0 Å². The topological polar surface area (TPSA) is 73.8 Å². The van der Waals surface area contributed by atoms with Crippen LogP contribution in [0.2, 0.25) is 0 Å². The first-order chi connectivity index (χ1) is 9.76.